The van der Waals surface area contributed by atoms with E-state index in [0.29, 0.717) is 37.9 Å². The monoisotopic (exact) mass is 283 g/mol. The molecule has 0 radical (unpaired) electrons. The Labute approximate surface area is 122 Å². The molecule has 1 unspecified atom stereocenters. The van der Waals surface area contributed by atoms with Crippen molar-refractivity contribution in [3.05, 3.63) is 0 Å². The summed E-state index contributed by atoms with van der Waals surface area (Å²) in [5.74, 6) is 0.857. The fraction of sp³-hybridized carbons (Fsp3) is 0.933. The van der Waals surface area contributed by atoms with E-state index in [-0.39, 0.29) is 6.10 Å². The van der Waals surface area contributed by atoms with Crippen LogP contribution in [0.15, 0.2) is 0 Å². The van der Waals surface area contributed by atoms with Crippen LogP contribution in [0.25, 0.3) is 0 Å². The summed E-state index contributed by atoms with van der Waals surface area (Å²) in [7, 11) is 0. The standard InChI is InChI=1S/C15H29N3O2/c1-2-5-17-6-3-13(4-7-17)10-15(19)18-8-9-20-14(11-16)12-18/h13-14H,2-12,16H2,1H3. The van der Waals surface area contributed by atoms with E-state index in [9.17, 15) is 4.79 Å². The van der Waals surface area contributed by atoms with Crippen LogP contribution in [-0.4, -0.2) is 67.7 Å². The smallest absolute Gasteiger partial charge is 0.223 e. The third-order valence-electron chi connectivity index (χ3n) is 4.46. The lowest BCUT2D eigenvalue weighted by atomic mass is 9.92. The number of nitrogens with zero attached hydrogens (tertiary/aromatic N) is 2. The number of rotatable bonds is 5. The van der Waals surface area contributed by atoms with Crippen molar-refractivity contribution in [1.29, 1.82) is 0 Å². The SMILES string of the molecule is CCCN1CCC(CC(=O)N2CCOC(CN)C2)CC1. The predicted octanol–water partition coefficient (Wildman–Crippen LogP) is 0.685. The molecule has 0 aromatic carbocycles. The van der Waals surface area contributed by atoms with Crippen LogP contribution in [0.2, 0.25) is 0 Å². The van der Waals surface area contributed by atoms with Crippen LogP contribution >= 0.6 is 0 Å². The zero-order valence-electron chi connectivity index (χ0n) is 12.7. The number of carbonyl (C=O) groups is 1. The molecule has 0 aliphatic carbocycles. The van der Waals surface area contributed by atoms with Crippen LogP contribution in [0.1, 0.15) is 32.6 Å². The minimum Gasteiger partial charge on any atom is -0.373 e. The largest absolute Gasteiger partial charge is 0.373 e. The molecule has 116 valence electrons. The number of ether oxygens (including phenoxy) is 1. The molecule has 5 nitrogen and oxygen atoms in total. The number of hydrogen-bond acceptors (Lipinski definition) is 4. The van der Waals surface area contributed by atoms with Gasteiger partial charge in [0.05, 0.1) is 12.7 Å². The molecule has 1 atom stereocenters. The van der Waals surface area contributed by atoms with Gasteiger partial charge in [-0.25, -0.2) is 0 Å². The van der Waals surface area contributed by atoms with Crippen LogP contribution in [0.3, 0.4) is 0 Å². The third-order valence-corrected chi connectivity index (χ3v) is 4.46. The van der Waals surface area contributed by atoms with E-state index in [2.05, 4.69) is 11.8 Å². The number of amides is 1. The number of morpholine rings is 1. The molecule has 2 heterocycles. The third kappa shape index (κ3) is 4.43. The molecule has 1 amide bonds. The maximum absolute atomic E-state index is 12.4. The Bertz CT molecular complexity index is 303. The number of nitrogens with two attached hydrogens (primary N) is 1. The summed E-state index contributed by atoms with van der Waals surface area (Å²) in [6, 6.07) is 0. The van der Waals surface area contributed by atoms with E-state index in [1.165, 1.54) is 13.0 Å². The van der Waals surface area contributed by atoms with Gasteiger partial charge in [-0.1, -0.05) is 6.92 Å². The van der Waals surface area contributed by atoms with E-state index in [1.807, 2.05) is 4.90 Å². The van der Waals surface area contributed by atoms with Gasteiger partial charge in [-0.2, -0.15) is 0 Å². The van der Waals surface area contributed by atoms with Gasteiger partial charge >= 0.3 is 0 Å². The molecular formula is C15H29N3O2. The second kappa shape index (κ2) is 7.96. The Kier molecular flexibility index (Phi) is 6.26. The van der Waals surface area contributed by atoms with Crippen molar-refractivity contribution in [3.8, 4) is 0 Å². The molecule has 2 N–H and O–H groups in total. The highest BCUT2D eigenvalue weighted by molar-refractivity contribution is 5.76. The summed E-state index contributed by atoms with van der Waals surface area (Å²) in [5, 5.41) is 0. The zero-order chi connectivity index (χ0) is 14.4. The summed E-state index contributed by atoms with van der Waals surface area (Å²) < 4.78 is 5.51. The van der Waals surface area contributed by atoms with Crippen molar-refractivity contribution in [2.75, 3.05) is 45.9 Å². The Morgan fingerprint density at radius 3 is 2.70 bits per heavy atom. The van der Waals surface area contributed by atoms with Gasteiger partial charge in [0, 0.05) is 26.1 Å². The number of likely N-dealkylation sites (tertiary alicyclic amines) is 1. The average molecular weight is 283 g/mol. The van der Waals surface area contributed by atoms with E-state index in [1.54, 1.807) is 0 Å². The van der Waals surface area contributed by atoms with Gasteiger partial charge in [0.15, 0.2) is 0 Å². The average Bonchev–Trinajstić information content (AvgIpc) is 2.49. The Morgan fingerprint density at radius 2 is 2.05 bits per heavy atom. The summed E-state index contributed by atoms with van der Waals surface area (Å²) >= 11 is 0. The highest BCUT2D eigenvalue weighted by Gasteiger charge is 2.27. The van der Waals surface area contributed by atoms with Gasteiger partial charge in [0.2, 0.25) is 5.91 Å². The quantitative estimate of drug-likeness (QED) is 0.806. The molecule has 2 rings (SSSR count). The topological polar surface area (TPSA) is 58.8 Å². The molecule has 0 saturated carbocycles. The molecule has 0 spiro atoms. The molecule has 5 heteroatoms. The summed E-state index contributed by atoms with van der Waals surface area (Å²) in [6.45, 7) is 8.25. The minimum atomic E-state index is 0.0269. The molecular weight excluding hydrogens is 254 g/mol. The lowest BCUT2D eigenvalue weighted by Crippen LogP contribution is -2.48. The van der Waals surface area contributed by atoms with Crippen LogP contribution in [0, 0.1) is 5.92 Å². The maximum atomic E-state index is 12.4. The van der Waals surface area contributed by atoms with Gasteiger partial charge in [-0.3, -0.25) is 4.79 Å². The molecule has 0 aromatic rings. The van der Waals surface area contributed by atoms with Gasteiger partial charge < -0.3 is 20.3 Å². The molecule has 0 aromatic heterocycles. The molecule has 2 fully saturated rings. The first-order chi connectivity index (χ1) is 9.72. The second-order valence-electron chi connectivity index (χ2n) is 6.06. The molecule has 2 aliphatic rings. The highest BCUT2D eigenvalue weighted by atomic mass is 16.5. The van der Waals surface area contributed by atoms with Gasteiger partial charge in [-0.05, 0) is 44.8 Å². The molecule has 0 bridgehead atoms. The van der Waals surface area contributed by atoms with E-state index < -0.39 is 0 Å². The maximum Gasteiger partial charge on any atom is 0.223 e. The summed E-state index contributed by atoms with van der Waals surface area (Å²) in [6.07, 6.45) is 4.28. The predicted molar refractivity (Wildman–Crippen MR) is 79.4 cm³/mol. The lowest BCUT2D eigenvalue weighted by Gasteiger charge is -2.35. The van der Waals surface area contributed by atoms with Crippen molar-refractivity contribution in [2.45, 2.75) is 38.7 Å². The van der Waals surface area contributed by atoms with Crippen LogP contribution in [0.5, 0.6) is 0 Å². The number of carbonyl (C=O) groups excluding carboxylic acids is 1. The Morgan fingerprint density at radius 1 is 1.30 bits per heavy atom. The van der Waals surface area contributed by atoms with Crippen molar-refractivity contribution < 1.29 is 9.53 Å². The first kappa shape index (κ1) is 15.7. The van der Waals surface area contributed by atoms with Gasteiger partial charge in [-0.15, -0.1) is 0 Å². The van der Waals surface area contributed by atoms with E-state index in [0.717, 1.165) is 32.5 Å². The lowest BCUT2D eigenvalue weighted by molar-refractivity contribution is -0.139. The van der Waals surface area contributed by atoms with E-state index >= 15 is 0 Å². The van der Waals surface area contributed by atoms with Crippen LogP contribution in [-0.2, 0) is 9.53 Å². The highest BCUT2D eigenvalue weighted by Crippen LogP contribution is 2.22. The summed E-state index contributed by atoms with van der Waals surface area (Å²) in [4.78, 5) is 16.8. The first-order valence-electron chi connectivity index (χ1n) is 8.04. The fourth-order valence-electron chi connectivity index (χ4n) is 3.19. The van der Waals surface area contributed by atoms with E-state index in [4.69, 9.17) is 10.5 Å². The van der Waals surface area contributed by atoms with Crippen LogP contribution < -0.4 is 5.73 Å². The number of hydrogen-bond donors (Lipinski definition) is 1. The zero-order valence-corrected chi connectivity index (χ0v) is 12.7. The summed E-state index contributed by atoms with van der Waals surface area (Å²) in [5.41, 5.74) is 5.63. The second-order valence-corrected chi connectivity index (χ2v) is 6.06. The first-order valence-corrected chi connectivity index (χ1v) is 8.04. The van der Waals surface area contributed by atoms with Gasteiger partial charge in [0.25, 0.3) is 0 Å². The fourth-order valence-corrected chi connectivity index (χ4v) is 3.19. The van der Waals surface area contributed by atoms with Crippen molar-refractivity contribution in [1.82, 2.24) is 9.80 Å². The Balaban J connectivity index is 1.72. The van der Waals surface area contributed by atoms with Crippen LogP contribution in [0.4, 0.5) is 0 Å². The Hall–Kier alpha value is -0.650. The molecule has 2 aliphatic heterocycles. The van der Waals surface area contributed by atoms with Crippen molar-refractivity contribution >= 4 is 5.91 Å². The van der Waals surface area contributed by atoms with Gasteiger partial charge in [0.1, 0.15) is 0 Å². The van der Waals surface area contributed by atoms with Crippen molar-refractivity contribution in [2.24, 2.45) is 11.7 Å². The van der Waals surface area contributed by atoms with Crippen molar-refractivity contribution in [3.63, 3.8) is 0 Å². The normalized spacial score (nSPS) is 25.9. The number of piperidine rings is 1. The molecule has 2 saturated heterocycles. The minimum absolute atomic E-state index is 0.0269. The molecule has 20 heavy (non-hydrogen) atoms.